The highest BCUT2D eigenvalue weighted by molar-refractivity contribution is 5.87. The maximum Gasteiger partial charge on any atom is 0.232 e. The summed E-state index contributed by atoms with van der Waals surface area (Å²) in [6.07, 6.45) is 0.905. The summed E-state index contributed by atoms with van der Waals surface area (Å²) < 4.78 is 14.0. The van der Waals surface area contributed by atoms with Crippen LogP contribution in [0.15, 0.2) is 24.3 Å². The number of benzene rings is 1. The summed E-state index contributed by atoms with van der Waals surface area (Å²) in [5.74, 6) is -0.355. The first-order valence-electron chi connectivity index (χ1n) is 7.05. The fraction of sp³-hybridized carbons (Fsp3) is 0.562. The molecule has 20 heavy (non-hydrogen) atoms. The van der Waals surface area contributed by atoms with Crippen LogP contribution in [0.3, 0.4) is 0 Å². The number of amides is 1. The van der Waals surface area contributed by atoms with Crippen LogP contribution >= 0.6 is 0 Å². The zero-order chi connectivity index (χ0) is 15.0. The van der Waals surface area contributed by atoms with Gasteiger partial charge in [0, 0.05) is 18.7 Å². The molecule has 1 amide bonds. The second-order valence-corrected chi connectivity index (χ2v) is 6.60. The summed E-state index contributed by atoms with van der Waals surface area (Å²) >= 11 is 0. The zero-order valence-corrected chi connectivity index (χ0v) is 12.4. The Morgan fingerprint density at radius 2 is 2.10 bits per heavy atom. The largest absolute Gasteiger partial charge is 0.341 e. The molecule has 1 aliphatic rings. The van der Waals surface area contributed by atoms with Gasteiger partial charge in [-0.3, -0.25) is 4.79 Å². The average molecular weight is 278 g/mol. The molecule has 0 aliphatic carbocycles. The van der Waals surface area contributed by atoms with Crippen molar-refractivity contribution in [2.75, 3.05) is 19.6 Å². The van der Waals surface area contributed by atoms with Crippen molar-refractivity contribution in [3.05, 3.63) is 35.6 Å². The van der Waals surface area contributed by atoms with Gasteiger partial charge in [0.15, 0.2) is 0 Å². The fourth-order valence-electron chi connectivity index (χ4n) is 2.84. The van der Waals surface area contributed by atoms with E-state index in [1.165, 1.54) is 6.07 Å². The molecule has 0 aromatic heterocycles. The molecule has 4 heteroatoms. The molecule has 1 atom stereocenters. The molecule has 0 bridgehead atoms. The number of carbonyl (C=O) groups is 1. The van der Waals surface area contributed by atoms with Gasteiger partial charge in [-0.05, 0) is 38.3 Å². The Morgan fingerprint density at radius 3 is 2.65 bits per heavy atom. The smallest absolute Gasteiger partial charge is 0.232 e. The lowest BCUT2D eigenvalue weighted by molar-refractivity contribution is -0.135. The van der Waals surface area contributed by atoms with Gasteiger partial charge < -0.3 is 10.6 Å². The van der Waals surface area contributed by atoms with Crippen molar-refractivity contribution in [3.8, 4) is 0 Å². The van der Waals surface area contributed by atoms with Gasteiger partial charge in [0.1, 0.15) is 5.82 Å². The van der Waals surface area contributed by atoms with Crippen LogP contribution in [0.5, 0.6) is 0 Å². The number of nitrogens with two attached hydrogens (primary N) is 1. The van der Waals surface area contributed by atoms with Crippen molar-refractivity contribution in [1.29, 1.82) is 0 Å². The summed E-state index contributed by atoms with van der Waals surface area (Å²) in [4.78, 5) is 14.6. The highest BCUT2D eigenvalue weighted by Crippen LogP contribution is 2.34. The van der Waals surface area contributed by atoms with Gasteiger partial charge >= 0.3 is 0 Å². The average Bonchev–Trinajstić information content (AvgIpc) is 2.81. The van der Waals surface area contributed by atoms with E-state index in [4.69, 9.17) is 5.73 Å². The van der Waals surface area contributed by atoms with Crippen molar-refractivity contribution in [2.24, 2.45) is 11.1 Å². The molecular weight excluding hydrogens is 255 g/mol. The quantitative estimate of drug-likeness (QED) is 0.922. The Bertz CT molecular complexity index is 515. The standard InChI is InChI=1S/C16H23FN2O/c1-15(2,12-6-4-5-7-13(12)17)14(20)19-9-8-16(3,10-18)11-19/h4-7H,8-11,18H2,1-3H3. The molecule has 1 aromatic rings. The number of hydrogen-bond acceptors (Lipinski definition) is 2. The molecule has 110 valence electrons. The fourth-order valence-corrected chi connectivity index (χ4v) is 2.84. The number of hydrogen-bond donors (Lipinski definition) is 1. The normalized spacial score (nSPS) is 23.1. The molecular formula is C16H23FN2O. The molecule has 1 heterocycles. The van der Waals surface area contributed by atoms with Crippen LogP contribution < -0.4 is 5.73 Å². The van der Waals surface area contributed by atoms with Crippen LogP contribution in [-0.4, -0.2) is 30.4 Å². The van der Waals surface area contributed by atoms with Gasteiger partial charge in [-0.15, -0.1) is 0 Å². The molecule has 1 aromatic carbocycles. The van der Waals surface area contributed by atoms with Crippen molar-refractivity contribution in [1.82, 2.24) is 4.90 Å². The monoisotopic (exact) mass is 278 g/mol. The maximum atomic E-state index is 14.0. The number of carbonyl (C=O) groups excluding carboxylic acids is 1. The van der Waals surface area contributed by atoms with E-state index >= 15 is 0 Å². The van der Waals surface area contributed by atoms with Gasteiger partial charge in [0.05, 0.1) is 5.41 Å². The minimum absolute atomic E-state index is 0.0129. The van der Waals surface area contributed by atoms with Crippen LogP contribution in [0.4, 0.5) is 4.39 Å². The topological polar surface area (TPSA) is 46.3 Å². The summed E-state index contributed by atoms with van der Waals surface area (Å²) in [6, 6.07) is 6.49. The number of nitrogens with zero attached hydrogens (tertiary/aromatic N) is 1. The highest BCUT2D eigenvalue weighted by atomic mass is 19.1. The summed E-state index contributed by atoms with van der Waals surface area (Å²) in [6.45, 7) is 7.58. The lowest BCUT2D eigenvalue weighted by atomic mass is 9.82. The second kappa shape index (κ2) is 5.17. The minimum Gasteiger partial charge on any atom is -0.341 e. The van der Waals surface area contributed by atoms with Crippen LogP contribution in [-0.2, 0) is 10.2 Å². The van der Waals surface area contributed by atoms with Crippen LogP contribution in [0.25, 0.3) is 0 Å². The first-order chi connectivity index (χ1) is 9.30. The summed E-state index contributed by atoms with van der Waals surface area (Å²) in [5.41, 5.74) is 5.36. The highest BCUT2D eigenvalue weighted by Gasteiger charge is 2.41. The molecule has 2 rings (SSSR count). The lowest BCUT2D eigenvalue weighted by Crippen LogP contribution is -2.44. The first-order valence-corrected chi connectivity index (χ1v) is 7.05. The maximum absolute atomic E-state index is 14.0. The molecule has 1 unspecified atom stereocenters. The van der Waals surface area contributed by atoms with Crippen LogP contribution in [0.2, 0.25) is 0 Å². The molecule has 1 fully saturated rings. The van der Waals surface area contributed by atoms with Crippen molar-refractivity contribution in [2.45, 2.75) is 32.6 Å². The van der Waals surface area contributed by atoms with Gasteiger partial charge in [-0.2, -0.15) is 0 Å². The van der Waals surface area contributed by atoms with Crippen molar-refractivity contribution >= 4 is 5.91 Å². The number of rotatable bonds is 3. The van der Waals surface area contributed by atoms with E-state index in [1.54, 1.807) is 32.0 Å². The Balaban J connectivity index is 2.23. The van der Waals surface area contributed by atoms with E-state index < -0.39 is 5.41 Å². The first kappa shape index (κ1) is 15.0. The Kier molecular flexibility index (Phi) is 3.87. The summed E-state index contributed by atoms with van der Waals surface area (Å²) in [7, 11) is 0. The Morgan fingerprint density at radius 1 is 1.45 bits per heavy atom. The number of halogens is 1. The van der Waals surface area contributed by atoms with Gasteiger partial charge in [0.2, 0.25) is 5.91 Å². The van der Waals surface area contributed by atoms with Crippen LogP contribution in [0, 0.1) is 11.2 Å². The van der Waals surface area contributed by atoms with Crippen molar-refractivity contribution in [3.63, 3.8) is 0 Å². The van der Waals surface area contributed by atoms with E-state index in [-0.39, 0.29) is 17.1 Å². The summed E-state index contributed by atoms with van der Waals surface area (Å²) in [5, 5.41) is 0. The predicted molar refractivity (Wildman–Crippen MR) is 77.8 cm³/mol. The predicted octanol–water partition coefficient (Wildman–Crippen LogP) is 2.30. The van der Waals surface area contributed by atoms with E-state index in [2.05, 4.69) is 6.92 Å². The third-order valence-electron chi connectivity index (χ3n) is 4.42. The van der Waals surface area contributed by atoms with E-state index in [9.17, 15) is 9.18 Å². The Labute approximate surface area is 120 Å². The molecule has 0 spiro atoms. The van der Waals surface area contributed by atoms with Gasteiger partial charge in [0.25, 0.3) is 0 Å². The Hall–Kier alpha value is -1.42. The van der Waals surface area contributed by atoms with Crippen LogP contribution in [0.1, 0.15) is 32.8 Å². The minimum atomic E-state index is -0.856. The number of likely N-dealkylation sites (tertiary alicyclic amines) is 1. The molecule has 3 nitrogen and oxygen atoms in total. The van der Waals surface area contributed by atoms with Gasteiger partial charge in [-0.1, -0.05) is 25.1 Å². The molecule has 0 radical (unpaired) electrons. The lowest BCUT2D eigenvalue weighted by Gasteiger charge is -2.31. The molecule has 1 saturated heterocycles. The van der Waals surface area contributed by atoms with Crippen molar-refractivity contribution < 1.29 is 9.18 Å². The van der Waals surface area contributed by atoms with E-state index in [0.29, 0.717) is 25.2 Å². The third-order valence-corrected chi connectivity index (χ3v) is 4.42. The zero-order valence-electron chi connectivity index (χ0n) is 12.4. The molecule has 1 aliphatic heterocycles. The van der Waals surface area contributed by atoms with Gasteiger partial charge in [-0.25, -0.2) is 4.39 Å². The molecule has 0 saturated carbocycles. The third kappa shape index (κ3) is 2.57. The van der Waals surface area contributed by atoms with E-state index in [1.807, 2.05) is 4.90 Å². The van der Waals surface area contributed by atoms with E-state index in [0.717, 1.165) is 6.42 Å². The second-order valence-electron chi connectivity index (χ2n) is 6.60. The SMILES string of the molecule is CC1(CN)CCN(C(=O)C(C)(C)c2ccccc2F)C1. The molecule has 2 N–H and O–H groups in total.